The van der Waals surface area contributed by atoms with Crippen molar-refractivity contribution in [1.82, 2.24) is 4.90 Å². The molecule has 3 N–H and O–H groups in total. The number of hydrogen-bond acceptors (Lipinski definition) is 2. The Labute approximate surface area is 88.3 Å². The Bertz CT molecular complexity index is 361. The van der Waals surface area contributed by atoms with Crippen LogP contribution in [0.25, 0.3) is 0 Å². The van der Waals surface area contributed by atoms with E-state index in [0.29, 0.717) is 19.0 Å². The van der Waals surface area contributed by atoms with E-state index in [9.17, 15) is 4.79 Å². The molecule has 1 heterocycles. The van der Waals surface area contributed by atoms with Gasteiger partial charge in [-0.15, -0.1) is 0 Å². The lowest BCUT2D eigenvalue weighted by molar-refractivity contribution is 0.155. The van der Waals surface area contributed by atoms with Crippen LogP contribution in [0.15, 0.2) is 24.3 Å². The van der Waals surface area contributed by atoms with Crippen LogP contribution in [0.5, 0.6) is 0 Å². The Morgan fingerprint density at radius 3 is 2.60 bits per heavy atom. The van der Waals surface area contributed by atoms with Gasteiger partial charge in [0.25, 0.3) is 0 Å². The second-order valence-electron chi connectivity index (χ2n) is 3.88. The van der Waals surface area contributed by atoms with Crippen LogP contribution in [0.3, 0.4) is 0 Å². The first kappa shape index (κ1) is 9.83. The van der Waals surface area contributed by atoms with E-state index in [2.05, 4.69) is 0 Å². The first-order chi connectivity index (χ1) is 7.16. The zero-order chi connectivity index (χ0) is 10.8. The number of nitrogen functional groups attached to an aromatic ring is 1. The van der Waals surface area contributed by atoms with E-state index in [1.54, 1.807) is 0 Å². The standard InChI is InChI=1S/C11H14N2O2/c12-10-3-1-8(2-4-10)9-5-6-13(7-9)11(14)15/h1-4,9H,5-7,12H2,(H,14,15). The van der Waals surface area contributed by atoms with E-state index in [1.807, 2.05) is 24.3 Å². The molecule has 15 heavy (non-hydrogen) atoms. The first-order valence-electron chi connectivity index (χ1n) is 5.00. The van der Waals surface area contributed by atoms with Crippen molar-refractivity contribution in [3.8, 4) is 0 Å². The van der Waals surface area contributed by atoms with Gasteiger partial charge in [-0.1, -0.05) is 12.1 Å². The molecule has 1 aromatic rings. The number of nitrogens with two attached hydrogens (primary N) is 1. The molecule has 1 unspecified atom stereocenters. The number of likely N-dealkylation sites (tertiary alicyclic amines) is 1. The normalized spacial score (nSPS) is 20.5. The maximum atomic E-state index is 10.7. The summed E-state index contributed by atoms with van der Waals surface area (Å²) in [4.78, 5) is 12.2. The minimum absolute atomic E-state index is 0.321. The second kappa shape index (κ2) is 3.81. The number of amides is 1. The fourth-order valence-electron chi connectivity index (χ4n) is 1.97. The van der Waals surface area contributed by atoms with Gasteiger partial charge in [0.1, 0.15) is 0 Å². The first-order valence-corrected chi connectivity index (χ1v) is 5.00. The summed E-state index contributed by atoms with van der Waals surface area (Å²) in [6.45, 7) is 1.23. The topological polar surface area (TPSA) is 66.6 Å². The molecule has 4 nitrogen and oxygen atoms in total. The van der Waals surface area contributed by atoms with Gasteiger partial charge in [0.15, 0.2) is 0 Å². The highest BCUT2D eigenvalue weighted by Gasteiger charge is 2.26. The van der Waals surface area contributed by atoms with Gasteiger partial charge in [-0.2, -0.15) is 0 Å². The third kappa shape index (κ3) is 2.03. The van der Waals surface area contributed by atoms with Crippen LogP contribution in [-0.4, -0.2) is 29.2 Å². The molecule has 0 radical (unpaired) electrons. The molecule has 1 atom stereocenters. The Morgan fingerprint density at radius 1 is 1.40 bits per heavy atom. The summed E-state index contributed by atoms with van der Waals surface area (Å²) in [7, 11) is 0. The second-order valence-corrected chi connectivity index (χ2v) is 3.88. The molecule has 1 aromatic carbocycles. The number of anilines is 1. The maximum Gasteiger partial charge on any atom is 0.407 e. The molecule has 80 valence electrons. The summed E-state index contributed by atoms with van der Waals surface area (Å²) in [6.07, 6.45) is 0.0730. The predicted molar refractivity (Wildman–Crippen MR) is 57.8 cm³/mol. The van der Waals surface area contributed by atoms with Crippen molar-refractivity contribution in [2.24, 2.45) is 0 Å². The number of rotatable bonds is 1. The van der Waals surface area contributed by atoms with Crippen LogP contribution in [0.4, 0.5) is 10.5 Å². The summed E-state index contributed by atoms with van der Waals surface area (Å²) < 4.78 is 0. The zero-order valence-corrected chi connectivity index (χ0v) is 8.39. The molecule has 0 aromatic heterocycles. The highest BCUT2D eigenvalue weighted by Crippen LogP contribution is 2.27. The molecule has 1 amide bonds. The van der Waals surface area contributed by atoms with E-state index >= 15 is 0 Å². The van der Waals surface area contributed by atoms with Gasteiger partial charge in [-0.3, -0.25) is 0 Å². The number of benzene rings is 1. The molecule has 1 saturated heterocycles. The van der Waals surface area contributed by atoms with Gasteiger partial charge in [-0.25, -0.2) is 4.79 Å². The van der Waals surface area contributed by atoms with Crippen LogP contribution >= 0.6 is 0 Å². The Balaban J connectivity index is 2.07. The molecule has 0 saturated carbocycles. The van der Waals surface area contributed by atoms with Crippen molar-refractivity contribution in [2.45, 2.75) is 12.3 Å². The quantitative estimate of drug-likeness (QED) is 0.688. The Morgan fingerprint density at radius 2 is 2.07 bits per heavy atom. The predicted octanol–water partition coefficient (Wildman–Crippen LogP) is 1.74. The largest absolute Gasteiger partial charge is 0.465 e. The van der Waals surface area contributed by atoms with Crippen LogP contribution in [0.2, 0.25) is 0 Å². The van der Waals surface area contributed by atoms with E-state index < -0.39 is 6.09 Å². The van der Waals surface area contributed by atoms with Gasteiger partial charge in [0, 0.05) is 24.7 Å². The van der Waals surface area contributed by atoms with Crippen molar-refractivity contribution in [3.63, 3.8) is 0 Å². The SMILES string of the molecule is Nc1ccc(C2CCN(C(=O)O)C2)cc1. The molecule has 0 spiro atoms. The zero-order valence-electron chi connectivity index (χ0n) is 8.39. The van der Waals surface area contributed by atoms with Crippen LogP contribution < -0.4 is 5.73 Å². The van der Waals surface area contributed by atoms with Crippen molar-refractivity contribution in [2.75, 3.05) is 18.8 Å². The van der Waals surface area contributed by atoms with Crippen LogP contribution in [0, 0.1) is 0 Å². The lowest BCUT2D eigenvalue weighted by Crippen LogP contribution is -2.26. The molecule has 1 aliphatic heterocycles. The van der Waals surface area contributed by atoms with E-state index in [4.69, 9.17) is 10.8 Å². The third-order valence-corrected chi connectivity index (χ3v) is 2.87. The van der Waals surface area contributed by atoms with E-state index in [1.165, 1.54) is 10.5 Å². The average Bonchev–Trinajstić information content (AvgIpc) is 2.68. The van der Waals surface area contributed by atoms with Crippen molar-refractivity contribution < 1.29 is 9.90 Å². The number of nitrogens with zero attached hydrogens (tertiary/aromatic N) is 1. The van der Waals surface area contributed by atoms with E-state index in [0.717, 1.165) is 12.1 Å². The minimum Gasteiger partial charge on any atom is -0.465 e. The lowest BCUT2D eigenvalue weighted by Gasteiger charge is -2.12. The van der Waals surface area contributed by atoms with Crippen molar-refractivity contribution in [3.05, 3.63) is 29.8 Å². The monoisotopic (exact) mass is 206 g/mol. The van der Waals surface area contributed by atoms with Gasteiger partial charge < -0.3 is 15.7 Å². The number of carbonyl (C=O) groups is 1. The fraction of sp³-hybridized carbons (Fsp3) is 0.364. The highest BCUT2D eigenvalue weighted by atomic mass is 16.4. The van der Waals surface area contributed by atoms with E-state index in [-0.39, 0.29) is 0 Å². The van der Waals surface area contributed by atoms with Crippen LogP contribution in [0.1, 0.15) is 17.9 Å². The Hall–Kier alpha value is -1.71. The summed E-state index contributed by atoms with van der Waals surface area (Å²) >= 11 is 0. The molecule has 4 heteroatoms. The summed E-state index contributed by atoms with van der Waals surface area (Å²) in [5, 5.41) is 8.83. The number of carboxylic acid groups (broad SMARTS) is 1. The smallest absolute Gasteiger partial charge is 0.407 e. The third-order valence-electron chi connectivity index (χ3n) is 2.87. The Kier molecular flexibility index (Phi) is 2.49. The van der Waals surface area contributed by atoms with Crippen molar-refractivity contribution >= 4 is 11.8 Å². The highest BCUT2D eigenvalue weighted by molar-refractivity contribution is 5.65. The fourth-order valence-corrected chi connectivity index (χ4v) is 1.97. The molecular weight excluding hydrogens is 192 g/mol. The summed E-state index contributed by atoms with van der Waals surface area (Å²) in [6, 6.07) is 7.67. The summed E-state index contributed by atoms with van der Waals surface area (Å²) in [5.74, 6) is 0.321. The van der Waals surface area contributed by atoms with Gasteiger partial charge in [0.2, 0.25) is 0 Å². The number of hydrogen-bond donors (Lipinski definition) is 2. The molecular formula is C11H14N2O2. The molecule has 1 aliphatic rings. The minimum atomic E-state index is -0.826. The van der Waals surface area contributed by atoms with Gasteiger partial charge >= 0.3 is 6.09 Å². The molecule has 0 bridgehead atoms. The lowest BCUT2D eigenvalue weighted by atomic mass is 9.98. The van der Waals surface area contributed by atoms with Gasteiger partial charge in [-0.05, 0) is 24.1 Å². The summed E-state index contributed by atoms with van der Waals surface area (Å²) in [5.41, 5.74) is 7.51. The molecule has 1 fully saturated rings. The molecule has 2 rings (SSSR count). The average molecular weight is 206 g/mol. The maximum absolute atomic E-state index is 10.7. The van der Waals surface area contributed by atoms with Crippen molar-refractivity contribution in [1.29, 1.82) is 0 Å². The molecule has 0 aliphatic carbocycles. The van der Waals surface area contributed by atoms with Crippen LogP contribution in [-0.2, 0) is 0 Å². The van der Waals surface area contributed by atoms with Gasteiger partial charge in [0.05, 0.1) is 0 Å².